The third kappa shape index (κ3) is 4.18. The molecule has 0 aliphatic rings. The normalized spacial score (nSPS) is 9.88. The zero-order chi connectivity index (χ0) is 17.5. The van der Waals surface area contributed by atoms with Gasteiger partial charge in [0, 0.05) is 30.8 Å². The van der Waals surface area contributed by atoms with Gasteiger partial charge in [0.2, 0.25) is 0 Å². The second-order valence-corrected chi connectivity index (χ2v) is 5.26. The van der Waals surface area contributed by atoms with Crippen molar-refractivity contribution in [2.75, 3.05) is 10.6 Å². The number of anilines is 2. The summed E-state index contributed by atoms with van der Waals surface area (Å²) in [5.74, 6) is -0.368. The van der Waals surface area contributed by atoms with Crippen molar-refractivity contribution in [2.24, 2.45) is 0 Å². The molecule has 2 heterocycles. The number of para-hydroxylation sites is 1. The van der Waals surface area contributed by atoms with Gasteiger partial charge in [-0.2, -0.15) is 5.26 Å². The summed E-state index contributed by atoms with van der Waals surface area (Å²) in [5, 5.41) is 15.0. The maximum absolute atomic E-state index is 12.4. The molecule has 0 atom stereocenters. The molecule has 6 nitrogen and oxygen atoms in total. The third-order valence-corrected chi connectivity index (χ3v) is 3.51. The largest absolute Gasteiger partial charge is 0.381 e. The summed E-state index contributed by atoms with van der Waals surface area (Å²) in [6.07, 6.45) is 5.06. The quantitative estimate of drug-likeness (QED) is 0.750. The highest BCUT2D eigenvalue weighted by Crippen LogP contribution is 2.16. The average Bonchev–Trinajstić information content (AvgIpc) is 2.68. The first-order valence-electron chi connectivity index (χ1n) is 7.65. The molecule has 1 amide bonds. The van der Waals surface area contributed by atoms with E-state index >= 15 is 0 Å². The third-order valence-electron chi connectivity index (χ3n) is 3.51. The zero-order valence-corrected chi connectivity index (χ0v) is 13.3. The van der Waals surface area contributed by atoms with Gasteiger partial charge >= 0.3 is 0 Å². The molecule has 0 unspecified atom stereocenters. The fraction of sp³-hybridized carbons (Fsp3) is 0.0526. The summed E-state index contributed by atoms with van der Waals surface area (Å²) in [4.78, 5) is 20.5. The predicted molar refractivity (Wildman–Crippen MR) is 94.9 cm³/mol. The number of benzene rings is 1. The molecule has 6 heteroatoms. The molecular weight excluding hydrogens is 314 g/mol. The first-order chi connectivity index (χ1) is 12.3. The molecule has 1 aromatic carbocycles. The Labute approximate surface area is 145 Å². The predicted octanol–water partition coefficient (Wildman–Crippen LogP) is 3.21. The van der Waals surface area contributed by atoms with Crippen molar-refractivity contribution >= 4 is 17.3 Å². The van der Waals surface area contributed by atoms with Gasteiger partial charge in [-0.15, -0.1) is 0 Å². The van der Waals surface area contributed by atoms with E-state index in [-0.39, 0.29) is 11.6 Å². The van der Waals surface area contributed by atoms with Gasteiger partial charge in [-0.05, 0) is 35.9 Å². The molecular formula is C19H15N5O. The van der Waals surface area contributed by atoms with Crippen LogP contribution in [0.5, 0.6) is 0 Å². The van der Waals surface area contributed by atoms with Crippen LogP contribution in [-0.2, 0) is 6.54 Å². The lowest BCUT2D eigenvalue weighted by molar-refractivity contribution is 0.102. The minimum atomic E-state index is -0.368. The van der Waals surface area contributed by atoms with E-state index in [0.717, 1.165) is 11.3 Å². The highest BCUT2D eigenvalue weighted by atomic mass is 16.1. The smallest absolute Gasteiger partial charge is 0.274 e. The monoisotopic (exact) mass is 329 g/mol. The van der Waals surface area contributed by atoms with Crippen molar-refractivity contribution in [3.63, 3.8) is 0 Å². The fourth-order valence-corrected chi connectivity index (χ4v) is 2.25. The van der Waals surface area contributed by atoms with E-state index in [0.29, 0.717) is 17.8 Å². The van der Waals surface area contributed by atoms with E-state index in [2.05, 4.69) is 20.6 Å². The Morgan fingerprint density at radius 1 is 1.12 bits per heavy atom. The molecule has 0 aliphatic carbocycles. The van der Waals surface area contributed by atoms with Crippen molar-refractivity contribution in [2.45, 2.75) is 6.54 Å². The molecule has 3 aromatic rings. The minimum absolute atomic E-state index is 0.268. The van der Waals surface area contributed by atoms with Crippen LogP contribution in [0.25, 0.3) is 0 Å². The number of nitriles is 1. The van der Waals surface area contributed by atoms with Crippen molar-refractivity contribution in [3.05, 3.63) is 83.9 Å². The van der Waals surface area contributed by atoms with Crippen molar-refractivity contribution in [1.29, 1.82) is 5.26 Å². The second-order valence-electron chi connectivity index (χ2n) is 5.26. The van der Waals surface area contributed by atoms with E-state index in [1.807, 2.05) is 18.2 Å². The van der Waals surface area contributed by atoms with E-state index in [1.165, 1.54) is 0 Å². The lowest BCUT2D eigenvalue weighted by atomic mass is 10.2. The number of amides is 1. The Balaban J connectivity index is 1.70. The summed E-state index contributed by atoms with van der Waals surface area (Å²) in [5.41, 5.74) is 2.95. The summed E-state index contributed by atoms with van der Waals surface area (Å²) >= 11 is 0. The Morgan fingerprint density at radius 3 is 2.80 bits per heavy atom. The molecule has 0 radical (unpaired) electrons. The maximum Gasteiger partial charge on any atom is 0.274 e. The van der Waals surface area contributed by atoms with Crippen molar-refractivity contribution < 1.29 is 4.79 Å². The molecule has 0 aliphatic heterocycles. The standard InChI is InChI=1S/C19H15N5O/c20-11-15-5-1-2-6-17(15)24-19(25)18-10-16(7-9-22-18)23-13-14-4-3-8-21-12-14/h1-10,12H,13H2,(H,22,23)(H,24,25). The van der Waals surface area contributed by atoms with Gasteiger partial charge in [-0.25, -0.2) is 0 Å². The number of pyridine rings is 2. The first-order valence-corrected chi connectivity index (χ1v) is 7.65. The van der Waals surface area contributed by atoms with E-state index in [4.69, 9.17) is 5.26 Å². The van der Waals surface area contributed by atoms with Crippen LogP contribution in [0.4, 0.5) is 11.4 Å². The van der Waals surface area contributed by atoms with Gasteiger partial charge in [0.05, 0.1) is 11.3 Å². The van der Waals surface area contributed by atoms with Gasteiger partial charge in [-0.3, -0.25) is 14.8 Å². The van der Waals surface area contributed by atoms with Gasteiger partial charge in [0.25, 0.3) is 5.91 Å². The number of nitrogens with zero attached hydrogens (tertiary/aromatic N) is 3. The van der Waals surface area contributed by atoms with E-state index < -0.39 is 0 Å². The van der Waals surface area contributed by atoms with E-state index in [1.54, 1.807) is 55.0 Å². The number of carbonyl (C=O) groups is 1. The summed E-state index contributed by atoms with van der Waals surface area (Å²) in [7, 11) is 0. The molecule has 0 spiro atoms. The highest BCUT2D eigenvalue weighted by molar-refractivity contribution is 6.04. The molecule has 25 heavy (non-hydrogen) atoms. The molecule has 0 saturated carbocycles. The van der Waals surface area contributed by atoms with Crippen LogP contribution in [0, 0.1) is 11.3 Å². The second kappa shape index (κ2) is 7.70. The highest BCUT2D eigenvalue weighted by Gasteiger charge is 2.10. The Morgan fingerprint density at radius 2 is 2.00 bits per heavy atom. The lowest BCUT2D eigenvalue weighted by Crippen LogP contribution is -2.15. The Bertz CT molecular complexity index is 918. The summed E-state index contributed by atoms with van der Waals surface area (Å²) in [6.45, 7) is 0.593. The first kappa shape index (κ1) is 16.1. The van der Waals surface area contributed by atoms with Crippen LogP contribution < -0.4 is 10.6 Å². The van der Waals surface area contributed by atoms with Crippen LogP contribution >= 0.6 is 0 Å². The lowest BCUT2D eigenvalue weighted by Gasteiger charge is -2.09. The Kier molecular flexibility index (Phi) is 4.98. The van der Waals surface area contributed by atoms with Gasteiger partial charge in [0.1, 0.15) is 11.8 Å². The topological polar surface area (TPSA) is 90.7 Å². The molecule has 0 saturated heterocycles. The zero-order valence-electron chi connectivity index (χ0n) is 13.3. The number of carbonyl (C=O) groups excluding carboxylic acids is 1. The van der Waals surface area contributed by atoms with Crippen molar-refractivity contribution in [3.8, 4) is 6.07 Å². The van der Waals surface area contributed by atoms with Gasteiger partial charge in [0.15, 0.2) is 0 Å². The van der Waals surface area contributed by atoms with Crippen LogP contribution in [0.1, 0.15) is 21.6 Å². The molecule has 2 aromatic heterocycles. The SMILES string of the molecule is N#Cc1ccccc1NC(=O)c1cc(NCc2cccnc2)ccn1. The van der Waals surface area contributed by atoms with E-state index in [9.17, 15) is 4.79 Å². The number of hydrogen-bond donors (Lipinski definition) is 2. The minimum Gasteiger partial charge on any atom is -0.381 e. The van der Waals surface area contributed by atoms with Gasteiger partial charge in [-0.1, -0.05) is 18.2 Å². The van der Waals surface area contributed by atoms with Gasteiger partial charge < -0.3 is 10.6 Å². The Hall–Kier alpha value is -3.72. The molecule has 122 valence electrons. The van der Waals surface area contributed by atoms with Crippen LogP contribution in [0.15, 0.2) is 67.1 Å². The van der Waals surface area contributed by atoms with Crippen molar-refractivity contribution in [1.82, 2.24) is 9.97 Å². The maximum atomic E-state index is 12.4. The average molecular weight is 329 g/mol. The number of aromatic nitrogens is 2. The number of nitrogens with one attached hydrogen (secondary N) is 2. The summed E-state index contributed by atoms with van der Waals surface area (Å²) in [6, 6.07) is 16.2. The number of hydrogen-bond acceptors (Lipinski definition) is 5. The molecule has 3 rings (SSSR count). The summed E-state index contributed by atoms with van der Waals surface area (Å²) < 4.78 is 0. The number of rotatable bonds is 5. The van der Waals surface area contributed by atoms with Crippen LogP contribution in [0.3, 0.4) is 0 Å². The molecule has 0 fully saturated rings. The molecule has 0 bridgehead atoms. The fourth-order valence-electron chi connectivity index (χ4n) is 2.25. The van der Waals surface area contributed by atoms with Crippen LogP contribution in [-0.4, -0.2) is 15.9 Å². The van der Waals surface area contributed by atoms with Crippen LogP contribution in [0.2, 0.25) is 0 Å². The molecule has 2 N–H and O–H groups in total.